The molecule has 0 saturated carbocycles. The minimum Gasteiger partial charge on any atom is -0.493 e. The Kier molecular flexibility index (Phi) is 7.15. The number of Topliss-reactive ketones (excluding diaryl/α,β-unsaturated/α-hetero) is 1. The van der Waals surface area contributed by atoms with E-state index in [2.05, 4.69) is 5.32 Å². The molecule has 30 heavy (non-hydrogen) atoms. The van der Waals surface area contributed by atoms with Crippen molar-refractivity contribution in [3.05, 3.63) is 46.3 Å². The molecule has 0 fully saturated rings. The molecular formula is C23H29NO6. The zero-order valence-corrected chi connectivity index (χ0v) is 18.0. The van der Waals surface area contributed by atoms with Crippen LogP contribution in [0, 0.1) is 0 Å². The van der Waals surface area contributed by atoms with E-state index in [1.165, 1.54) is 0 Å². The Labute approximate surface area is 177 Å². The van der Waals surface area contributed by atoms with Gasteiger partial charge in [0.2, 0.25) is 0 Å². The highest BCUT2D eigenvalue weighted by Gasteiger charge is 2.39. The topological polar surface area (TPSA) is 83.1 Å². The van der Waals surface area contributed by atoms with Crippen molar-refractivity contribution in [2.45, 2.75) is 39.0 Å². The van der Waals surface area contributed by atoms with Gasteiger partial charge in [0.1, 0.15) is 6.61 Å². The third-order valence-electron chi connectivity index (χ3n) is 5.34. The van der Waals surface area contributed by atoms with Crippen LogP contribution in [0.3, 0.4) is 0 Å². The Hall–Kier alpha value is -2.80. The van der Waals surface area contributed by atoms with E-state index in [1.54, 1.807) is 14.2 Å². The zero-order valence-electron chi connectivity index (χ0n) is 18.0. The van der Waals surface area contributed by atoms with Crippen LogP contribution in [0.1, 0.15) is 44.6 Å². The van der Waals surface area contributed by atoms with E-state index in [0.29, 0.717) is 48.0 Å². The lowest BCUT2D eigenvalue weighted by molar-refractivity contribution is -0.140. The SMILES string of the molecule is CCOc1ccc([C@H]2C(C(=O)OCCOC)=C(C)NC3=C2C(=O)CCC3)cc1OC. The van der Waals surface area contributed by atoms with Gasteiger partial charge in [0.15, 0.2) is 17.3 Å². The molecule has 1 aromatic carbocycles. The van der Waals surface area contributed by atoms with Gasteiger partial charge in [-0.15, -0.1) is 0 Å². The number of hydrogen-bond acceptors (Lipinski definition) is 7. The fourth-order valence-corrected chi connectivity index (χ4v) is 4.02. The first-order valence-corrected chi connectivity index (χ1v) is 10.2. The second-order valence-corrected chi connectivity index (χ2v) is 7.24. The van der Waals surface area contributed by atoms with E-state index >= 15 is 0 Å². The molecule has 0 spiro atoms. The first-order valence-electron chi connectivity index (χ1n) is 10.2. The van der Waals surface area contributed by atoms with Crippen LogP contribution in [0.5, 0.6) is 11.5 Å². The van der Waals surface area contributed by atoms with Crippen molar-refractivity contribution in [1.29, 1.82) is 0 Å². The fourth-order valence-electron chi connectivity index (χ4n) is 4.02. The molecule has 0 saturated heterocycles. The number of nitrogens with one attached hydrogen (secondary N) is 1. The summed E-state index contributed by atoms with van der Waals surface area (Å²) in [7, 11) is 3.12. The van der Waals surface area contributed by atoms with E-state index in [4.69, 9.17) is 18.9 Å². The summed E-state index contributed by atoms with van der Waals surface area (Å²) in [5.41, 5.74) is 3.44. The monoisotopic (exact) mass is 415 g/mol. The van der Waals surface area contributed by atoms with Gasteiger partial charge in [0.25, 0.3) is 0 Å². The Bertz CT molecular complexity index is 886. The van der Waals surface area contributed by atoms with Gasteiger partial charge in [-0.2, -0.15) is 0 Å². The summed E-state index contributed by atoms with van der Waals surface area (Å²) >= 11 is 0. The molecule has 1 aliphatic heterocycles. The number of allylic oxidation sites excluding steroid dienone is 3. The van der Waals surface area contributed by atoms with E-state index in [9.17, 15) is 9.59 Å². The lowest BCUT2D eigenvalue weighted by atomic mass is 9.75. The second-order valence-electron chi connectivity index (χ2n) is 7.24. The summed E-state index contributed by atoms with van der Waals surface area (Å²) < 4.78 is 21.5. The molecule has 0 bridgehead atoms. The predicted octanol–water partition coefficient (Wildman–Crippen LogP) is 3.25. The second kappa shape index (κ2) is 9.80. The lowest BCUT2D eigenvalue weighted by Crippen LogP contribution is -2.34. The molecule has 1 atom stereocenters. The van der Waals surface area contributed by atoms with Crippen LogP contribution in [0.15, 0.2) is 40.7 Å². The van der Waals surface area contributed by atoms with Crippen LogP contribution >= 0.6 is 0 Å². The van der Waals surface area contributed by atoms with Crippen molar-refractivity contribution in [3.8, 4) is 11.5 Å². The predicted molar refractivity (Wildman–Crippen MR) is 111 cm³/mol. The van der Waals surface area contributed by atoms with Crippen molar-refractivity contribution in [1.82, 2.24) is 5.32 Å². The van der Waals surface area contributed by atoms with E-state index in [0.717, 1.165) is 24.1 Å². The molecule has 162 valence electrons. The highest BCUT2D eigenvalue weighted by Crippen LogP contribution is 2.44. The maximum absolute atomic E-state index is 13.0. The molecule has 0 amide bonds. The molecule has 1 heterocycles. The van der Waals surface area contributed by atoms with E-state index < -0.39 is 11.9 Å². The van der Waals surface area contributed by atoms with Crippen molar-refractivity contribution < 1.29 is 28.5 Å². The molecule has 7 nitrogen and oxygen atoms in total. The first-order chi connectivity index (χ1) is 14.5. The maximum atomic E-state index is 13.0. The molecular weight excluding hydrogens is 386 g/mol. The fraction of sp³-hybridized carbons (Fsp3) is 0.478. The standard InChI is InChI=1S/C23H29NO6/c1-5-29-18-10-9-15(13-19(18)28-4)21-20(23(26)30-12-11-27-3)14(2)24-16-7-6-8-17(25)22(16)21/h9-10,13,21,24H,5-8,11-12H2,1-4H3/t21-/m0/s1. The summed E-state index contributed by atoms with van der Waals surface area (Å²) in [6.45, 7) is 4.70. The summed E-state index contributed by atoms with van der Waals surface area (Å²) in [6, 6.07) is 5.53. The zero-order chi connectivity index (χ0) is 21.7. The lowest BCUT2D eigenvalue weighted by Gasteiger charge is -2.34. The number of ether oxygens (including phenoxy) is 4. The molecule has 0 radical (unpaired) electrons. The maximum Gasteiger partial charge on any atom is 0.336 e. The molecule has 0 aromatic heterocycles. The molecule has 1 N–H and O–H groups in total. The Balaban J connectivity index is 2.08. The van der Waals surface area contributed by atoms with Crippen LogP contribution in [0.25, 0.3) is 0 Å². The quantitative estimate of drug-likeness (QED) is 0.515. The summed E-state index contributed by atoms with van der Waals surface area (Å²) in [6.07, 6.45) is 2.04. The van der Waals surface area contributed by atoms with Crippen LogP contribution in [0.2, 0.25) is 0 Å². The molecule has 2 aliphatic rings. The van der Waals surface area contributed by atoms with Gasteiger partial charge in [0.05, 0.1) is 25.9 Å². The molecule has 1 aromatic rings. The Morgan fingerprint density at radius 1 is 1.17 bits per heavy atom. The highest BCUT2D eigenvalue weighted by molar-refractivity contribution is 6.03. The van der Waals surface area contributed by atoms with Gasteiger partial charge >= 0.3 is 5.97 Å². The van der Waals surface area contributed by atoms with Gasteiger partial charge in [0, 0.05) is 36.4 Å². The number of carbonyl (C=O) groups is 2. The number of benzene rings is 1. The van der Waals surface area contributed by atoms with Crippen LogP contribution < -0.4 is 14.8 Å². The largest absolute Gasteiger partial charge is 0.493 e. The number of methoxy groups -OCH3 is 2. The number of dihydropyridines is 1. The number of carbonyl (C=O) groups excluding carboxylic acids is 2. The number of ketones is 1. The van der Waals surface area contributed by atoms with Crippen molar-refractivity contribution >= 4 is 11.8 Å². The van der Waals surface area contributed by atoms with Gasteiger partial charge < -0.3 is 24.3 Å². The van der Waals surface area contributed by atoms with Crippen molar-refractivity contribution in [2.75, 3.05) is 34.0 Å². The number of hydrogen-bond donors (Lipinski definition) is 1. The van der Waals surface area contributed by atoms with Crippen LogP contribution in [-0.4, -0.2) is 45.8 Å². The highest BCUT2D eigenvalue weighted by atomic mass is 16.6. The summed E-state index contributed by atoms with van der Waals surface area (Å²) in [4.78, 5) is 25.9. The van der Waals surface area contributed by atoms with Crippen molar-refractivity contribution in [2.24, 2.45) is 0 Å². The van der Waals surface area contributed by atoms with Crippen LogP contribution in [0.4, 0.5) is 0 Å². The minimum absolute atomic E-state index is 0.0521. The molecule has 0 unspecified atom stereocenters. The van der Waals surface area contributed by atoms with Gasteiger partial charge in [-0.25, -0.2) is 4.79 Å². The van der Waals surface area contributed by atoms with Gasteiger partial charge in [-0.1, -0.05) is 6.07 Å². The Morgan fingerprint density at radius 3 is 2.67 bits per heavy atom. The molecule has 3 rings (SSSR count). The molecule has 7 heteroatoms. The third kappa shape index (κ3) is 4.36. The first kappa shape index (κ1) is 21.9. The summed E-state index contributed by atoms with van der Waals surface area (Å²) in [5.74, 6) is 0.250. The van der Waals surface area contributed by atoms with Crippen molar-refractivity contribution in [3.63, 3.8) is 0 Å². The number of esters is 1. The van der Waals surface area contributed by atoms with Gasteiger partial charge in [-0.3, -0.25) is 4.79 Å². The average Bonchev–Trinajstić information content (AvgIpc) is 2.73. The van der Waals surface area contributed by atoms with Crippen LogP contribution in [-0.2, 0) is 19.1 Å². The smallest absolute Gasteiger partial charge is 0.336 e. The normalized spacial score (nSPS) is 18.7. The summed E-state index contributed by atoms with van der Waals surface area (Å²) in [5, 5.41) is 3.28. The van der Waals surface area contributed by atoms with E-state index in [-0.39, 0.29) is 12.4 Å². The van der Waals surface area contributed by atoms with E-state index in [1.807, 2.05) is 32.0 Å². The average molecular weight is 415 g/mol. The number of rotatable bonds is 8. The van der Waals surface area contributed by atoms with Gasteiger partial charge in [-0.05, 0) is 44.4 Å². The third-order valence-corrected chi connectivity index (χ3v) is 5.34. The molecule has 1 aliphatic carbocycles. The Morgan fingerprint density at radius 2 is 1.97 bits per heavy atom. The minimum atomic E-state index is -0.520.